The summed E-state index contributed by atoms with van der Waals surface area (Å²) in [4.78, 5) is 12.3. The molecule has 0 spiro atoms. The minimum absolute atomic E-state index is 0.0110. The fourth-order valence-corrected chi connectivity index (χ4v) is 3.08. The molecule has 0 fully saturated rings. The lowest BCUT2D eigenvalue weighted by molar-refractivity contribution is -0.128. The van der Waals surface area contributed by atoms with E-state index in [2.05, 4.69) is 17.5 Å². The van der Waals surface area contributed by atoms with Crippen LogP contribution in [0.3, 0.4) is 0 Å². The van der Waals surface area contributed by atoms with Crippen molar-refractivity contribution in [2.75, 3.05) is 6.54 Å². The lowest BCUT2D eigenvalue weighted by Gasteiger charge is -2.19. The summed E-state index contributed by atoms with van der Waals surface area (Å²) in [6.45, 7) is 6.77. The molecule has 1 aliphatic carbocycles. The number of rotatable bonds is 7. The Hall–Kier alpha value is -1.77. The molecule has 1 unspecified atom stereocenters. The topological polar surface area (TPSA) is 38.3 Å². The zero-order valence-electron chi connectivity index (χ0n) is 14.7. The first-order chi connectivity index (χ1) is 11.1. The van der Waals surface area contributed by atoms with Crippen molar-refractivity contribution < 1.29 is 9.53 Å². The van der Waals surface area contributed by atoms with E-state index in [0.29, 0.717) is 13.0 Å². The molecular weight excluding hydrogens is 286 g/mol. The Morgan fingerprint density at radius 3 is 2.57 bits per heavy atom. The van der Waals surface area contributed by atoms with Gasteiger partial charge >= 0.3 is 0 Å². The van der Waals surface area contributed by atoms with E-state index in [1.807, 2.05) is 32.9 Å². The molecule has 0 saturated heterocycles. The SMILES string of the molecule is CCC(Oc1cc(C)cc(C)c1)C(=O)NCCC1=CCCCC1. The highest BCUT2D eigenvalue weighted by molar-refractivity contribution is 5.81. The number of hydrogen-bond acceptors (Lipinski definition) is 2. The zero-order valence-corrected chi connectivity index (χ0v) is 14.7. The van der Waals surface area contributed by atoms with E-state index in [1.54, 1.807) is 0 Å². The van der Waals surface area contributed by atoms with Gasteiger partial charge in [0.1, 0.15) is 5.75 Å². The van der Waals surface area contributed by atoms with Crippen molar-refractivity contribution >= 4 is 5.91 Å². The van der Waals surface area contributed by atoms with Gasteiger partial charge in [-0.3, -0.25) is 4.79 Å². The molecule has 0 radical (unpaired) electrons. The van der Waals surface area contributed by atoms with Crippen molar-refractivity contribution in [3.8, 4) is 5.75 Å². The molecular formula is C20H29NO2. The Labute approximate surface area is 140 Å². The van der Waals surface area contributed by atoms with E-state index in [0.717, 1.165) is 23.3 Å². The van der Waals surface area contributed by atoms with Crippen LogP contribution in [0.15, 0.2) is 29.8 Å². The van der Waals surface area contributed by atoms with Crippen molar-refractivity contribution in [2.45, 2.75) is 65.4 Å². The first-order valence-electron chi connectivity index (χ1n) is 8.79. The molecule has 0 heterocycles. The van der Waals surface area contributed by atoms with Gasteiger partial charge in [-0.25, -0.2) is 0 Å². The van der Waals surface area contributed by atoms with E-state index in [4.69, 9.17) is 4.74 Å². The molecule has 0 aromatic heterocycles. The van der Waals surface area contributed by atoms with Crippen LogP contribution in [0.2, 0.25) is 0 Å². The molecule has 0 saturated carbocycles. The van der Waals surface area contributed by atoms with Gasteiger partial charge in [-0.15, -0.1) is 0 Å². The van der Waals surface area contributed by atoms with Crippen LogP contribution in [-0.2, 0) is 4.79 Å². The van der Waals surface area contributed by atoms with E-state index in [1.165, 1.54) is 31.3 Å². The number of benzene rings is 1. The molecule has 23 heavy (non-hydrogen) atoms. The maximum atomic E-state index is 12.3. The molecule has 3 heteroatoms. The van der Waals surface area contributed by atoms with E-state index in [-0.39, 0.29) is 5.91 Å². The van der Waals surface area contributed by atoms with Gasteiger partial charge in [-0.1, -0.05) is 24.6 Å². The Bertz CT molecular complexity index is 543. The second-order valence-electron chi connectivity index (χ2n) is 6.49. The highest BCUT2D eigenvalue weighted by Gasteiger charge is 2.18. The Balaban J connectivity index is 1.84. The molecule has 1 aromatic carbocycles. The summed E-state index contributed by atoms with van der Waals surface area (Å²) in [6.07, 6.45) is 8.51. The summed E-state index contributed by atoms with van der Waals surface area (Å²) in [5, 5.41) is 3.03. The minimum atomic E-state index is -0.420. The number of ether oxygens (including phenoxy) is 1. The van der Waals surface area contributed by atoms with Gasteiger partial charge in [0.05, 0.1) is 0 Å². The normalized spacial score (nSPS) is 15.7. The fraction of sp³-hybridized carbons (Fsp3) is 0.550. The second-order valence-corrected chi connectivity index (χ2v) is 6.49. The van der Waals surface area contributed by atoms with Gasteiger partial charge in [-0.05, 0) is 75.6 Å². The number of nitrogens with one attached hydrogen (secondary N) is 1. The number of carbonyl (C=O) groups excluding carboxylic acids is 1. The minimum Gasteiger partial charge on any atom is -0.481 e. The third-order valence-electron chi connectivity index (χ3n) is 4.27. The number of allylic oxidation sites excluding steroid dienone is 1. The van der Waals surface area contributed by atoms with Gasteiger partial charge in [0, 0.05) is 6.54 Å². The smallest absolute Gasteiger partial charge is 0.261 e. The van der Waals surface area contributed by atoms with Gasteiger partial charge < -0.3 is 10.1 Å². The maximum Gasteiger partial charge on any atom is 0.261 e. The Morgan fingerprint density at radius 2 is 1.96 bits per heavy atom. The van der Waals surface area contributed by atoms with Crippen LogP contribution in [0.1, 0.15) is 56.6 Å². The molecule has 1 atom stereocenters. The molecule has 0 aliphatic heterocycles. The van der Waals surface area contributed by atoms with Crippen LogP contribution in [0.25, 0.3) is 0 Å². The number of hydrogen-bond donors (Lipinski definition) is 1. The predicted octanol–water partition coefficient (Wildman–Crippen LogP) is 4.47. The van der Waals surface area contributed by atoms with Gasteiger partial charge in [0.15, 0.2) is 6.10 Å². The van der Waals surface area contributed by atoms with Gasteiger partial charge in [0.25, 0.3) is 5.91 Å². The third-order valence-corrected chi connectivity index (χ3v) is 4.27. The van der Waals surface area contributed by atoms with Crippen LogP contribution in [-0.4, -0.2) is 18.6 Å². The summed E-state index contributed by atoms with van der Waals surface area (Å²) in [5.41, 5.74) is 3.79. The molecule has 2 rings (SSSR count). The first-order valence-corrected chi connectivity index (χ1v) is 8.79. The molecule has 1 amide bonds. The van der Waals surface area contributed by atoms with Crippen LogP contribution in [0, 0.1) is 13.8 Å². The quantitative estimate of drug-likeness (QED) is 0.754. The van der Waals surface area contributed by atoms with Crippen LogP contribution in [0.5, 0.6) is 5.75 Å². The van der Waals surface area contributed by atoms with Crippen LogP contribution < -0.4 is 10.1 Å². The lowest BCUT2D eigenvalue weighted by atomic mass is 9.97. The molecule has 126 valence electrons. The molecule has 1 N–H and O–H groups in total. The van der Waals surface area contributed by atoms with E-state index in [9.17, 15) is 4.79 Å². The monoisotopic (exact) mass is 315 g/mol. The van der Waals surface area contributed by atoms with Crippen molar-refractivity contribution in [1.82, 2.24) is 5.32 Å². The second kappa shape index (κ2) is 8.76. The maximum absolute atomic E-state index is 12.3. The van der Waals surface area contributed by atoms with E-state index >= 15 is 0 Å². The van der Waals surface area contributed by atoms with E-state index < -0.39 is 6.10 Å². The fourth-order valence-electron chi connectivity index (χ4n) is 3.08. The van der Waals surface area contributed by atoms with Gasteiger partial charge in [0.2, 0.25) is 0 Å². The Kier molecular flexibility index (Phi) is 6.69. The van der Waals surface area contributed by atoms with Crippen molar-refractivity contribution in [2.24, 2.45) is 0 Å². The largest absolute Gasteiger partial charge is 0.481 e. The van der Waals surface area contributed by atoms with Crippen molar-refractivity contribution in [1.29, 1.82) is 0 Å². The molecule has 3 nitrogen and oxygen atoms in total. The average molecular weight is 315 g/mol. The van der Waals surface area contributed by atoms with Crippen molar-refractivity contribution in [3.05, 3.63) is 41.0 Å². The zero-order chi connectivity index (χ0) is 16.7. The first kappa shape index (κ1) is 17.6. The summed E-state index contributed by atoms with van der Waals surface area (Å²) >= 11 is 0. The standard InChI is InChI=1S/C20H29NO2/c1-4-19(23-18-13-15(2)12-16(3)14-18)20(22)21-11-10-17-8-6-5-7-9-17/h8,12-14,19H,4-7,9-11H2,1-3H3,(H,21,22). The average Bonchev–Trinajstić information content (AvgIpc) is 2.52. The highest BCUT2D eigenvalue weighted by atomic mass is 16.5. The highest BCUT2D eigenvalue weighted by Crippen LogP contribution is 2.20. The number of amides is 1. The predicted molar refractivity (Wildman–Crippen MR) is 94.8 cm³/mol. The summed E-state index contributed by atoms with van der Waals surface area (Å²) in [6, 6.07) is 6.07. The molecule has 1 aromatic rings. The number of aryl methyl sites for hydroxylation is 2. The summed E-state index contributed by atoms with van der Waals surface area (Å²) in [7, 11) is 0. The summed E-state index contributed by atoms with van der Waals surface area (Å²) < 4.78 is 5.90. The van der Waals surface area contributed by atoms with Crippen LogP contribution >= 0.6 is 0 Å². The van der Waals surface area contributed by atoms with Crippen molar-refractivity contribution in [3.63, 3.8) is 0 Å². The Morgan fingerprint density at radius 1 is 1.22 bits per heavy atom. The van der Waals surface area contributed by atoms with Crippen LogP contribution in [0.4, 0.5) is 0 Å². The molecule has 1 aliphatic rings. The summed E-state index contributed by atoms with van der Waals surface area (Å²) in [5.74, 6) is 0.766. The third kappa shape index (κ3) is 5.74. The van der Waals surface area contributed by atoms with Gasteiger partial charge in [-0.2, -0.15) is 0 Å². The number of carbonyl (C=O) groups is 1. The lowest BCUT2D eigenvalue weighted by Crippen LogP contribution is -2.38. The molecule has 0 bridgehead atoms.